The molecule has 1 aliphatic rings. The molecule has 1 saturated carbocycles. The minimum absolute atomic E-state index is 0.0427. The molecular formula is C12H14N4O2. The Bertz CT molecular complexity index is 491. The molecule has 1 aliphatic carbocycles. The molecule has 1 fully saturated rings. The standard InChI is InChI=1S/C12H14N4O2/c13-8-10-5-7-15-12(11(10)16(17)18)14-6-4-9-2-1-3-9/h5,7,9H,1-4,6H2,(H,14,15). The number of aromatic nitrogens is 1. The van der Waals surface area contributed by atoms with Crippen molar-refractivity contribution in [1.82, 2.24) is 4.98 Å². The van der Waals surface area contributed by atoms with Gasteiger partial charge in [0.1, 0.15) is 11.6 Å². The van der Waals surface area contributed by atoms with Gasteiger partial charge in [-0.2, -0.15) is 5.26 Å². The van der Waals surface area contributed by atoms with E-state index in [1.165, 1.54) is 31.5 Å². The molecule has 0 saturated heterocycles. The molecule has 0 radical (unpaired) electrons. The van der Waals surface area contributed by atoms with Crippen LogP contribution in [-0.4, -0.2) is 16.5 Å². The zero-order valence-electron chi connectivity index (χ0n) is 9.93. The third-order valence-electron chi connectivity index (χ3n) is 3.30. The predicted octanol–water partition coefficient (Wildman–Crippen LogP) is 2.46. The molecule has 6 heteroatoms. The number of nitrogens with one attached hydrogen (secondary N) is 1. The summed E-state index contributed by atoms with van der Waals surface area (Å²) < 4.78 is 0. The fraction of sp³-hybridized carbons (Fsp3) is 0.500. The Hall–Kier alpha value is -2.16. The van der Waals surface area contributed by atoms with Crippen LogP contribution in [0.2, 0.25) is 0 Å². The maximum absolute atomic E-state index is 10.9. The lowest BCUT2D eigenvalue weighted by atomic mass is 9.83. The van der Waals surface area contributed by atoms with E-state index in [1.807, 2.05) is 6.07 Å². The summed E-state index contributed by atoms with van der Waals surface area (Å²) in [5.41, 5.74) is -0.185. The normalized spacial score (nSPS) is 14.6. The van der Waals surface area contributed by atoms with E-state index in [2.05, 4.69) is 10.3 Å². The third kappa shape index (κ3) is 2.56. The lowest BCUT2D eigenvalue weighted by molar-refractivity contribution is -0.384. The lowest BCUT2D eigenvalue weighted by Gasteiger charge is -2.25. The first-order valence-corrected chi connectivity index (χ1v) is 5.99. The number of nitro groups is 1. The van der Waals surface area contributed by atoms with Gasteiger partial charge >= 0.3 is 5.69 Å². The molecule has 0 aliphatic heterocycles. The predicted molar refractivity (Wildman–Crippen MR) is 66.1 cm³/mol. The van der Waals surface area contributed by atoms with Crippen molar-refractivity contribution in [2.24, 2.45) is 5.92 Å². The molecule has 0 atom stereocenters. The Kier molecular flexibility index (Phi) is 3.72. The molecule has 0 aromatic carbocycles. The zero-order chi connectivity index (χ0) is 13.0. The minimum atomic E-state index is -0.558. The molecule has 0 unspecified atom stereocenters. The Balaban J connectivity index is 2.06. The number of anilines is 1. The van der Waals surface area contributed by atoms with Gasteiger partial charge in [-0.3, -0.25) is 10.1 Å². The Morgan fingerprint density at radius 1 is 1.61 bits per heavy atom. The van der Waals surface area contributed by atoms with Crippen LogP contribution in [0.5, 0.6) is 0 Å². The maximum atomic E-state index is 10.9. The van der Waals surface area contributed by atoms with E-state index in [9.17, 15) is 10.1 Å². The SMILES string of the molecule is N#Cc1ccnc(NCCC2CCC2)c1[N+](=O)[O-]. The molecule has 1 N–H and O–H groups in total. The fourth-order valence-electron chi connectivity index (χ4n) is 2.03. The van der Waals surface area contributed by atoms with Crippen LogP contribution in [0.3, 0.4) is 0 Å². The summed E-state index contributed by atoms with van der Waals surface area (Å²) in [4.78, 5) is 14.3. The number of hydrogen-bond donors (Lipinski definition) is 1. The summed E-state index contributed by atoms with van der Waals surface area (Å²) in [7, 11) is 0. The van der Waals surface area contributed by atoms with E-state index in [4.69, 9.17) is 5.26 Å². The molecule has 6 nitrogen and oxygen atoms in total. The van der Waals surface area contributed by atoms with Gasteiger partial charge in [-0.1, -0.05) is 19.3 Å². The lowest BCUT2D eigenvalue weighted by Crippen LogP contribution is -2.16. The summed E-state index contributed by atoms with van der Waals surface area (Å²) in [5.74, 6) is 0.925. The topological polar surface area (TPSA) is 91.8 Å². The van der Waals surface area contributed by atoms with E-state index < -0.39 is 4.92 Å². The van der Waals surface area contributed by atoms with Crippen molar-refractivity contribution < 1.29 is 4.92 Å². The Morgan fingerprint density at radius 3 is 2.94 bits per heavy atom. The summed E-state index contributed by atoms with van der Waals surface area (Å²) in [5, 5.41) is 22.7. The van der Waals surface area contributed by atoms with Crippen LogP contribution in [0.15, 0.2) is 12.3 Å². The van der Waals surface area contributed by atoms with E-state index in [0.717, 1.165) is 12.3 Å². The monoisotopic (exact) mass is 246 g/mol. The van der Waals surface area contributed by atoms with Gasteiger partial charge in [0.2, 0.25) is 5.82 Å². The Labute approximate surface area is 105 Å². The zero-order valence-corrected chi connectivity index (χ0v) is 9.93. The third-order valence-corrected chi connectivity index (χ3v) is 3.30. The number of pyridine rings is 1. The highest BCUT2D eigenvalue weighted by Crippen LogP contribution is 2.30. The first-order chi connectivity index (χ1) is 8.72. The van der Waals surface area contributed by atoms with Gasteiger partial charge < -0.3 is 5.32 Å². The van der Waals surface area contributed by atoms with Crippen LogP contribution in [0, 0.1) is 27.4 Å². The molecule has 94 valence electrons. The molecule has 1 heterocycles. The average Bonchev–Trinajstić information content (AvgIpc) is 2.31. The van der Waals surface area contributed by atoms with Crippen LogP contribution in [0.1, 0.15) is 31.2 Å². The molecule has 18 heavy (non-hydrogen) atoms. The minimum Gasteiger partial charge on any atom is -0.364 e. The van der Waals surface area contributed by atoms with Crippen molar-refractivity contribution in [3.05, 3.63) is 27.9 Å². The van der Waals surface area contributed by atoms with Gasteiger partial charge in [-0.25, -0.2) is 4.98 Å². The van der Waals surface area contributed by atoms with Crippen LogP contribution in [0.4, 0.5) is 11.5 Å². The summed E-state index contributed by atoms with van der Waals surface area (Å²) in [6.45, 7) is 0.660. The summed E-state index contributed by atoms with van der Waals surface area (Å²) in [6, 6.07) is 3.17. The largest absolute Gasteiger partial charge is 0.364 e. The van der Waals surface area contributed by atoms with Gasteiger partial charge in [-0.05, 0) is 18.4 Å². The van der Waals surface area contributed by atoms with E-state index in [-0.39, 0.29) is 17.1 Å². The van der Waals surface area contributed by atoms with Crippen LogP contribution in [-0.2, 0) is 0 Å². The summed E-state index contributed by atoms with van der Waals surface area (Å²) >= 11 is 0. The van der Waals surface area contributed by atoms with Gasteiger partial charge in [0.25, 0.3) is 0 Å². The number of nitrogens with zero attached hydrogens (tertiary/aromatic N) is 3. The molecule has 0 amide bonds. The molecule has 1 aromatic rings. The smallest absolute Gasteiger partial charge is 0.328 e. The van der Waals surface area contributed by atoms with Crippen molar-refractivity contribution in [2.75, 3.05) is 11.9 Å². The second-order valence-electron chi connectivity index (χ2n) is 4.44. The Morgan fingerprint density at radius 2 is 2.39 bits per heavy atom. The van der Waals surface area contributed by atoms with Gasteiger partial charge in [0, 0.05) is 12.7 Å². The van der Waals surface area contributed by atoms with Crippen LogP contribution >= 0.6 is 0 Å². The van der Waals surface area contributed by atoms with Crippen molar-refractivity contribution in [3.63, 3.8) is 0 Å². The molecule has 0 spiro atoms. The quantitative estimate of drug-likeness (QED) is 0.636. The highest BCUT2D eigenvalue weighted by Gasteiger charge is 2.22. The summed E-state index contributed by atoms with van der Waals surface area (Å²) in [6.07, 6.45) is 6.19. The average molecular weight is 246 g/mol. The fourth-order valence-corrected chi connectivity index (χ4v) is 2.03. The number of rotatable bonds is 5. The van der Waals surface area contributed by atoms with E-state index in [1.54, 1.807) is 0 Å². The van der Waals surface area contributed by atoms with Crippen molar-refractivity contribution in [3.8, 4) is 6.07 Å². The molecule has 1 aromatic heterocycles. The van der Waals surface area contributed by atoms with Crippen molar-refractivity contribution in [2.45, 2.75) is 25.7 Å². The van der Waals surface area contributed by atoms with Crippen LogP contribution in [0.25, 0.3) is 0 Å². The van der Waals surface area contributed by atoms with Crippen molar-refractivity contribution in [1.29, 1.82) is 5.26 Å². The van der Waals surface area contributed by atoms with E-state index >= 15 is 0 Å². The van der Waals surface area contributed by atoms with Gasteiger partial charge in [0.05, 0.1) is 4.92 Å². The highest BCUT2D eigenvalue weighted by molar-refractivity contribution is 5.63. The number of nitriles is 1. The second-order valence-corrected chi connectivity index (χ2v) is 4.44. The van der Waals surface area contributed by atoms with Crippen molar-refractivity contribution >= 4 is 11.5 Å². The maximum Gasteiger partial charge on any atom is 0.328 e. The number of hydrogen-bond acceptors (Lipinski definition) is 5. The first-order valence-electron chi connectivity index (χ1n) is 5.99. The first kappa shape index (κ1) is 12.3. The van der Waals surface area contributed by atoms with Crippen LogP contribution < -0.4 is 5.32 Å². The second kappa shape index (κ2) is 5.45. The molecular weight excluding hydrogens is 232 g/mol. The highest BCUT2D eigenvalue weighted by atomic mass is 16.6. The molecule has 2 rings (SSSR count). The molecule has 0 bridgehead atoms. The van der Waals surface area contributed by atoms with E-state index in [0.29, 0.717) is 6.54 Å². The van der Waals surface area contributed by atoms with Gasteiger partial charge in [0.15, 0.2) is 0 Å². The van der Waals surface area contributed by atoms with Gasteiger partial charge in [-0.15, -0.1) is 0 Å².